The molecule has 1 fully saturated rings. The Hall–Kier alpha value is -0.430. The maximum absolute atomic E-state index is 11.8. The minimum absolute atomic E-state index is 0.0485. The lowest BCUT2D eigenvalue weighted by molar-refractivity contribution is -0.137. The molecule has 1 rings (SSSR count). The number of hydrogen-bond acceptors (Lipinski definition) is 3. The normalized spacial score (nSPS) is 21.2. The number of carbonyl (C=O) groups excluding carboxylic acids is 1. The summed E-state index contributed by atoms with van der Waals surface area (Å²) in [6, 6.07) is 0. The topological polar surface area (TPSA) is 41.1 Å². The number of alkyl halides is 3. The van der Waals surface area contributed by atoms with Crippen LogP contribution in [0.25, 0.3) is 0 Å². The maximum atomic E-state index is 11.8. The van der Waals surface area contributed by atoms with Crippen molar-refractivity contribution in [3.63, 3.8) is 0 Å². The van der Waals surface area contributed by atoms with E-state index in [0.717, 1.165) is 12.2 Å². The third kappa shape index (κ3) is 7.49. The van der Waals surface area contributed by atoms with Crippen molar-refractivity contribution in [1.82, 2.24) is 10.6 Å². The minimum Gasteiger partial charge on any atom is -0.346 e. The monoisotopic (exact) mass is 270 g/mol. The van der Waals surface area contributed by atoms with E-state index >= 15 is 0 Å². The van der Waals surface area contributed by atoms with Crippen LogP contribution in [0, 0.1) is 0 Å². The summed E-state index contributed by atoms with van der Waals surface area (Å²) in [4.78, 5) is 11.1. The van der Waals surface area contributed by atoms with Gasteiger partial charge in [-0.25, -0.2) is 0 Å². The molecule has 0 aromatic rings. The van der Waals surface area contributed by atoms with E-state index in [4.69, 9.17) is 0 Å². The van der Waals surface area contributed by atoms with Gasteiger partial charge in [0, 0.05) is 11.8 Å². The zero-order valence-electron chi connectivity index (χ0n) is 9.48. The smallest absolute Gasteiger partial charge is 0.346 e. The van der Waals surface area contributed by atoms with E-state index in [0.29, 0.717) is 11.8 Å². The van der Waals surface area contributed by atoms with Gasteiger partial charge >= 0.3 is 6.18 Å². The van der Waals surface area contributed by atoms with Crippen LogP contribution in [0.3, 0.4) is 0 Å². The second-order valence-corrected chi connectivity index (χ2v) is 5.42. The lowest BCUT2D eigenvalue weighted by Gasteiger charge is -2.21. The molecule has 1 amide bonds. The van der Waals surface area contributed by atoms with Gasteiger partial charge < -0.3 is 10.6 Å². The predicted molar refractivity (Wildman–Crippen MR) is 62.0 cm³/mol. The Morgan fingerprint density at radius 2 is 2.12 bits per heavy atom. The van der Waals surface area contributed by atoms with Crippen LogP contribution in [0.4, 0.5) is 13.2 Å². The van der Waals surface area contributed by atoms with E-state index in [9.17, 15) is 18.0 Å². The Morgan fingerprint density at radius 1 is 1.35 bits per heavy atom. The summed E-state index contributed by atoms with van der Waals surface area (Å²) in [6.45, 7) is -0.622. The van der Waals surface area contributed by atoms with Gasteiger partial charge in [0.2, 0.25) is 5.91 Å². The molecule has 7 heteroatoms. The van der Waals surface area contributed by atoms with Crippen LogP contribution < -0.4 is 10.6 Å². The van der Waals surface area contributed by atoms with Crippen molar-refractivity contribution in [2.45, 2.75) is 30.7 Å². The first-order valence-electron chi connectivity index (χ1n) is 5.63. The molecule has 1 aliphatic heterocycles. The number of rotatable bonds is 5. The van der Waals surface area contributed by atoms with Gasteiger partial charge in [0.1, 0.15) is 6.54 Å². The van der Waals surface area contributed by atoms with Gasteiger partial charge in [0.15, 0.2) is 0 Å². The van der Waals surface area contributed by atoms with E-state index in [-0.39, 0.29) is 6.54 Å². The van der Waals surface area contributed by atoms with Gasteiger partial charge in [-0.3, -0.25) is 4.79 Å². The number of thioether (sulfide) groups is 1. The zero-order valence-corrected chi connectivity index (χ0v) is 10.3. The van der Waals surface area contributed by atoms with Crippen LogP contribution in [-0.4, -0.2) is 42.7 Å². The maximum Gasteiger partial charge on any atom is 0.405 e. The van der Waals surface area contributed by atoms with Gasteiger partial charge in [-0.05, 0) is 18.6 Å². The predicted octanol–water partition coefficient (Wildman–Crippen LogP) is 1.54. The van der Waals surface area contributed by atoms with Gasteiger partial charge in [-0.15, -0.1) is 0 Å². The highest BCUT2D eigenvalue weighted by atomic mass is 32.2. The second kappa shape index (κ2) is 7.10. The Balaban J connectivity index is 2.03. The van der Waals surface area contributed by atoms with E-state index < -0.39 is 18.6 Å². The summed E-state index contributed by atoms with van der Waals surface area (Å²) in [6.07, 6.45) is -0.802. The highest BCUT2D eigenvalue weighted by molar-refractivity contribution is 7.99. The summed E-state index contributed by atoms with van der Waals surface area (Å²) in [7, 11) is 0. The molecule has 3 nitrogen and oxygen atoms in total. The number of nitrogens with one attached hydrogen (secondary N) is 2. The molecular weight excluding hydrogens is 253 g/mol. The third-order valence-corrected chi connectivity index (χ3v) is 3.82. The Morgan fingerprint density at radius 3 is 2.71 bits per heavy atom. The van der Waals surface area contributed by atoms with Crippen molar-refractivity contribution in [2.75, 3.05) is 25.4 Å². The number of halogens is 3. The molecule has 0 aromatic carbocycles. The SMILES string of the molecule is O=C(CNCC1CCCCS1)NCC(F)(F)F. The zero-order chi connectivity index (χ0) is 12.7. The van der Waals surface area contributed by atoms with Crippen molar-refractivity contribution >= 4 is 17.7 Å². The average molecular weight is 270 g/mol. The number of carbonyl (C=O) groups is 1. The van der Waals surface area contributed by atoms with Gasteiger partial charge in [0.25, 0.3) is 0 Å². The molecule has 0 bridgehead atoms. The molecule has 2 N–H and O–H groups in total. The molecule has 1 aliphatic rings. The first-order valence-corrected chi connectivity index (χ1v) is 6.68. The lowest BCUT2D eigenvalue weighted by atomic mass is 10.2. The Kier molecular flexibility index (Phi) is 6.11. The molecule has 17 heavy (non-hydrogen) atoms. The van der Waals surface area contributed by atoms with Crippen LogP contribution in [0.2, 0.25) is 0 Å². The van der Waals surface area contributed by atoms with Gasteiger partial charge in [0.05, 0.1) is 6.54 Å². The van der Waals surface area contributed by atoms with Crippen molar-refractivity contribution in [3.8, 4) is 0 Å². The Labute approximate surface area is 103 Å². The van der Waals surface area contributed by atoms with Crippen LogP contribution in [0.1, 0.15) is 19.3 Å². The third-order valence-electron chi connectivity index (χ3n) is 2.42. The van der Waals surface area contributed by atoms with E-state index in [1.807, 2.05) is 17.1 Å². The largest absolute Gasteiger partial charge is 0.405 e. The second-order valence-electron chi connectivity index (χ2n) is 4.01. The fourth-order valence-corrected chi connectivity index (χ4v) is 2.85. The van der Waals surface area contributed by atoms with Gasteiger partial charge in [-0.1, -0.05) is 6.42 Å². The molecule has 0 aromatic heterocycles. The van der Waals surface area contributed by atoms with Crippen molar-refractivity contribution in [3.05, 3.63) is 0 Å². The molecule has 0 radical (unpaired) electrons. The van der Waals surface area contributed by atoms with Crippen molar-refractivity contribution in [1.29, 1.82) is 0 Å². The van der Waals surface area contributed by atoms with E-state index in [1.165, 1.54) is 12.8 Å². The molecule has 0 saturated carbocycles. The Bertz CT molecular complexity index is 242. The summed E-state index contributed by atoms with van der Waals surface area (Å²) < 4.78 is 35.4. The van der Waals surface area contributed by atoms with E-state index in [1.54, 1.807) is 0 Å². The summed E-state index contributed by atoms with van der Waals surface area (Å²) in [5.74, 6) is 0.523. The molecule has 1 heterocycles. The molecule has 100 valence electrons. The minimum atomic E-state index is -4.34. The van der Waals surface area contributed by atoms with Crippen LogP contribution in [0.5, 0.6) is 0 Å². The molecular formula is C10H17F3N2OS. The first kappa shape index (κ1) is 14.6. The number of hydrogen-bond donors (Lipinski definition) is 2. The number of amides is 1. The van der Waals surface area contributed by atoms with Crippen LogP contribution in [-0.2, 0) is 4.79 Å². The van der Waals surface area contributed by atoms with Crippen LogP contribution >= 0.6 is 11.8 Å². The average Bonchev–Trinajstić information content (AvgIpc) is 2.27. The molecule has 0 spiro atoms. The lowest BCUT2D eigenvalue weighted by Crippen LogP contribution is -2.40. The first-order chi connectivity index (χ1) is 7.97. The fraction of sp³-hybridized carbons (Fsp3) is 0.900. The summed E-state index contributed by atoms with van der Waals surface area (Å²) >= 11 is 1.86. The van der Waals surface area contributed by atoms with E-state index in [2.05, 4.69) is 5.32 Å². The quantitative estimate of drug-likeness (QED) is 0.796. The molecule has 1 atom stereocenters. The standard InChI is InChI=1S/C10H17F3N2OS/c11-10(12,13)7-15-9(16)6-14-5-8-3-1-2-4-17-8/h8,14H,1-7H2,(H,15,16). The molecule has 1 unspecified atom stereocenters. The highest BCUT2D eigenvalue weighted by Gasteiger charge is 2.27. The summed E-state index contributed by atoms with van der Waals surface area (Å²) in [5, 5.41) is 5.20. The molecule has 1 saturated heterocycles. The fourth-order valence-electron chi connectivity index (χ4n) is 1.58. The summed E-state index contributed by atoms with van der Waals surface area (Å²) in [5.41, 5.74) is 0. The van der Waals surface area contributed by atoms with Crippen LogP contribution in [0.15, 0.2) is 0 Å². The highest BCUT2D eigenvalue weighted by Crippen LogP contribution is 2.24. The van der Waals surface area contributed by atoms with Gasteiger partial charge in [-0.2, -0.15) is 24.9 Å². The van der Waals surface area contributed by atoms with Crippen molar-refractivity contribution < 1.29 is 18.0 Å². The molecule has 0 aliphatic carbocycles. The van der Waals surface area contributed by atoms with Crippen molar-refractivity contribution in [2.24, 2.45) is 0 Å².